The van der Waals surface area contributed by atoms with Crippen molar-refractivity contribution in [1.29, 1.82) is 0 Å². The molecule has 2 rings (SSSR count). The summed E-state index contributed by atoms with van der Waals surface area (Å²) in [4.78, 5) is 54.7. The van der Waals surface area contributed by atoms with Crippen LogP contribution in [0.2, 0.25) is 0 Å². The molecule has 2 aromatic rings. The van der Waals surface area contributed by atoms with Crippen LogP contribution in [0.15, 0.2) is 27.3 Å². The molecular formula is C16H19O12P. The molecule has 1 N–H and O–H groups in total. The van der Waals surface area contributed by atoms with Gasteiger partial charge in [-0.3, -0.25) is 9.36 Å². The SMILES string of the molecule is Cc1oc(=O)oc1COC(=O)CCC(C=O)CP(=O)(O)OCc1oc(=O)oc1C. The van der Waals surface area contributed by atoms with Crippen LogP contribution in [0.3, 0.4) is 0 Å². The average Bonchev–Trinajstić information content (AvgIpc) is 3.14. The summed E-state index contributed by atoms with van der Waals surface area (Å²) in [6.45, 7) is 2.07. The smallest absolute Gasteiger partial charge is 0.457 e. The van der Waals surface area contributed by atoms with Crippen molar-refractivity contribution < 1.29 is 46.0 Å². The van der Waals surface area contributed by atoms with Crippen molar-refractivity contribution in [3.63, 3.8) is 0 Å². The van der Waals surface area contributed by atoms with E-state index in [-0.39, 0.29) is 42.5 Å². The van der Waals surface area contributed by atoms with Gasteiger partial charge in [0.25, 0.3) is 0 Å². The van der Waals surface area contributed by atoms with Crippen LogP contribution in [-0.2, 0) is 36.6 Å². The number of hydrogen-bond acceptors (Lipinski definition) is 11. The van der Waals surface area contributed by atoms with Crippen LogP contribution in [0.25, 0.3) is 0 Å². The van der Waals surface area contributed by atoms with Crippen molar-refractivity contribution in [3.05, 3.63) is 44.3 Å². The number of esters is 1. The second kappa shape index (κ2) is 9.68. The molecule has 0 saturated carbocycles. The zero-order chi connectivity index (χ0) is 21.6. The van der Waals surface area contributed by atoms with E-state index in [4.69, 9.17) is 9.26 Å². The quantitative estimate of drug-likeness (QED) is 0.306. The Hall–Kier alpha value is -2.69. The molecule has 0 aliphatic heterocycles. The van der Waals surface area contributed by atoms with Gasteiger partial charge in [0.15, 0.2) is 23.9 Å². The lowest BCUT2D eigenvalue weighted by Crippen LogP contribution is -2.13. The van der Waals surface area contributed by atoms with Gasteiger partial charge in [-0.15, -0.1) is 0 Å². The highest BCUT2D eigenvalue weighted by molar-refractivity contribution is 7.52. The molecule has 29 heavy (non-hydrogen) atoms. The van der Waals surface area contributed by atoms with E-state index in [1.165, 1.54) is 13.8 Å². The molecule has 0 saturated heterocycles. The van der Waals surface area contributed by atoms with E-state index >= 15 is 0 Å². The van der Waals surface area contributed by atoms with Crippen LogP contribution in [0.4, 0.5) is 0 Å². The summed E-state index contributed by atoms with van der Waals surface area (Å²) in [6, 6.07) is 0. The number of ether oxygens (including phenoxy) is 1. The molecule has 2 heterocycles. The third-order valence-corrected chi connectivity index (χ3v) is 5.27. The van der Waals surface area contributed by atoms with E-state index in [0.717, 1.165) is 0 Å². The zero-order valence-electron chi connectivity index (χ0n) is 15.6. The van der Waals surface area contributed by atoms with Crippen molar-refractivity contribution in [3.8, 4) is 0 Å². The Morgan fingerprint density at radius 2 is 1.62 bits per heavy atom. The van der Waals surface area contributed by atoms with Gasteiger partial charge in [-0.1, -0.05) is 0 Å². The fourth-order valence-electron chi connectivity index (χ4n) is 2.24. The lowest BCUT2D eigenvalue weighted by atomic mass is 10.1. The zero-order valence-corrected chi connectivity index (χ0v) is 16.5. The normalized spacial score (nSPS) is 14.3. The van der Waals surface area contributed by atoms with Crippen LogP contribution in [-0.4, -0.2) is 23.3 Å². The molecule has 0 amide bonds. The third kappa shape index (κ3) is 7.00. The molecule has 0 aromatic carbocycles. The molecule has 13 heteroatoms. The summed E-state index contributed by atoms with van der Waals surface area (Å²) in [5, 5.41) is 0. The molecule has 160 valence electrons. The summed E-state index contributed by atoms with van der Waals surface area (Å²) in [7, 11) is -4.22. The topological polar surface area (TPSA) is 177 Å². The van der Waals surface area contributed by atoms with Gasteiger partial charge >= 0.3 is 25.2 Å². The Morgan fingerprint density at radius 3 is 2.10 bits per heavy atom. The van der Waals surface area contributed by atoms with E-state index in [1.54, 1.807) is 0 Å². The largest absolute Gasteiger partial charge is 0.519 e. The monoisotopic (exact) mass is 434 g/mol. The molecule has 12 nitrogen and oxygen atoms in total. The maximum Gasteiger partial charge on any atom is 0.519 e. The first-order valence-electron chi connectivity index (χ1n) is 8.35. The summed E-state index contributed by atoms with van der Waals surface area (Å²) < 4.78 is 40.4. The molecule has 0 radical (unpaired) electrons. The van der Waals surface area contributed by atoms with Crippen molar-refractivity contribution in [2.24, 2.45) is 5.92 Å². The summed E-state index contributed by atoms with van der Waals surface area (Å²) >= 11 is 0. The van der Waals surface area contributed by atoms with Crippen molar-refractivity contribution in [2.45, 2.75) is 39.9 Å². The average molecular weight is 434 g/mol. The van der Waals surface area contributed by atoms with E-state index in [1.807, 2.05) is 0 Å². The molecule has 0 spiro atoms. The molecule has 0 bridgehead atoms. The van der Waals surface area contributed by atoms with E-state index in [2.05, 4.69) is 17.7 Å². The molecule has 2 aromatic heterocycles. The van der Waals surface area contributed by atoms with Crippen LogP contribution in [0.5, 0.6) is 0 Å². The predicted octanol–water partition coefficient (Wildman–Crippen LogP) is 1.44. The molecule has 0 aliphatic rings. The summed E-state index contributed by atoms with van der Waals surface area (Å²) in [5.74, 6) is -3.25. The molecule has 0 aliphatic carbocycles. The minimum absolute atomic E-state index is 0.0447. The van der Waals surface area contributed by atoms with Gasteiger partial charge in [-0.2, -0.15) is 0 Å². The standard InChI is InChI=1S/C16H19O12P/c1-9-12(27-15(19)25-9)6-23-14(18)4-3-11(5-17)8-29(21,22)24-7-13-10(2)26-16(20)28-13/h5,11H,3-4,6-8H2,1-2H3,(H,21,22). The van der Waals surface area contributed by atoms with E-state index in [0.29, 0.717) is 6.29 Å². The second-order valence-corrected chi connectivity index (χ2v) is 7.95. The molecule has 0 fully saturated rings. The summed E-state index contributed by atoms with van der Waals surface area (Å²) in [6.07, 6.45) is -0.396. The number of carbonyl (C=O) groups is 2. The third-order valence-electron chi connectivity index (χ3n) is 3.81. The van der Waals surface area contributed by atoms with Crippen molar-refractivity contribution in [1.82, 2.24) is 0 Å². The second-order valence-electron chi connectivity index (χ2n) is 6.06. The number of aldehydes is 1. The first kappa shape index (κ1) is 22.6. The molecular weight excluding hydrogens is 415 g/mol. The van der Waals surface area contributed by atoms with Gasteiger partial charge in [0, 0.05) is 12.3 Å². The highest BCUT2D eigenvalue weighted by atomic mass is 31.2. The molecule has 2 atom stereocenters. The molecule has 2 unspecified atom stereocenters. The van der Waals surface area contributed by atoms with Crippen molar-refractivity contribution >= 4 is 19.9 Å². The van der Waals surface area contributed by atoms with Crippen LogP contribution in [0, 0.1) is 19.8 Å². The fraction of sp³-hybridized carbons (Fsp3) is 0.500. The number of rotatable bonds is 11. The highest BCUT2D eigenvalue weighted by Crippen LogP contribution is 2.45. The Kier molecular flexibility index (Phi) is 7.54. The Labute approximate surface area is 162 Å². The van der Waals surface area contributed by atoms with Gasteiger partial charge in [-0.05, 0) is 20.3 Å². The van der Waals surface area contributed by atoms with Crippen LogP contribution in [0.1, 0.15) is 35.9 Å². The summed E-state index contributed by atoms with van der Waals surface area (Å²) in [5.41, 5.74) is 0. The van der Waals surface area contributed by atoms with Gasteiger partial charge in [0.2, 0.25) is 0 Å². The highest BCUT2D eigenvalue weighted by Gasteiger charge is 2.27. The van der Waals surface area contributed by atoms with E-state index < -0.39 is 43.9 Å². The lowest BCUT2D eigenvalue weighted by molar-refractivity contribution is -0.145. The Bertz CT molecular complexity index is 1010. The predicted molar refractivity (Wildman–Crippen MR) is 92.0 cm³/mol. The van der Waals surface area contributed by atoms with Gasteiger partial charge in [-0.25, -0.2) is 9.59 Å². The van der Waals surface area contributed by atoms with Crippen LogP contribution < -0.4 is 11.6 Å². The van der Waals surface area contributed by atoms with Gasteiger partial charge < -0.3 is 36.6 Å². The van der Waals surface area contributed by atoms with Gasteiger partial charge in [0.05, 0.1) is 6.16 Å². The first-order valence-corrected chi connectivity index (χ1v) is 10.1. The Balaban J connectivity index is 1.79. The van der Waals surface area contributed by atoms with Crippen LogP contribution >= 0.6 is 7.60 Å². The first-order chi connectivity index (χ1) is 13.6. The number of hydrogen-bond donors (Lipinski definition) is 1. The number of carbonyl (C=O) groups excluding carboxylic acids is 2. The van der Waals surface area contributed by atoms with E-state index in [9.17, 15) is 28.6 Å². The number of aryl methyl sites for hydroxylation is 2. The minimum atomic E-state index is -4.22. The van der Waals surface area contributed by atoms with Gasteiger partial charge in [0.1, 0.15) is 18.7 Å². The maximum atomic E-state index is 12.1. The maximum absolute atomic E-state index is 12.1. The minimum Gasteiger partial charge on any atom is -0.457 e. The fourth-order valence-corrected chi connectivity index (χ4v) is 3.53. The Morgan fingerprint density at radius 1 is 1.07 bits per heavy atom. The van der Waals surface area contributed by atoms with Crippen molar-refractivity contribution in [2.75, 3.05) is 6.16 Å². The lowest BCUT2D eigenvalue weighted by Gasteiger charge is -2.15.